The molecular formula is C19H34N6O8. The van der Waals surface area contributed by atoms with Crippen molar-refractivity contribution in [1.29, 1.82) is 0 Å². The Hall–Kier alpha value is -3.26. The lowest BCUT2D eigenvalue weighted by molar-refractivity contribution is -0.142. The first kappa shape index (κ1) is 29.7. The summed E-state index contributed by atoms with van der Waals surface area (Å²) in [6.45, 7) is 1.69. The number of carboxylic acids is 2. The normalized spacial score (nSPS) is 14.3. The number of primary amides is 1. The Bertz CT molecular complexity index is 716. The molecule has 33 heavy (non-hydrogen) atoms. The van der Waals surface area contributed by atoms with Gasteiger partial charge in [0.05, 0.1) is 6.04 Å². The molecule has 0 aromatic rings. The molecule has 4 amide bonds. The Balaban J connectivity index is 5.11. The molecule has 0 aliphatic heterocycles. The third-order valence-corrected chi connectivity index (χ3v) is 4.63. The third-order valence-electron chi connectivity index (χ3n) is 4.63. The molecule has 0 saturated heterocycles. The highest BCUT2D eigenvalue weighted by molar-refractivity contribution is 5.94. The molecule has 4 atom stereocenters. The quantitative estimate of drug-likeness (QED) is 0.0999. The number of nitrogens with one attached hydrogen (secondary N) is 3. The third kappa shape index (κ3) is 13.0. The number of hydrogen-bond donors (Lipinski definition) is 8. The van der Waals surface area contributed by atoms with Crippen LogP contribution in [0.2, 0.25) is 0 Å². The SMILES string of the molecule is CC(NC(=O)C(N)CCC(=O)O)C(=O)NC(CCCCN)C(=O)NC(CCC(N)=O)C(=O)O. The molecule has 14 heteroatoms. The molecule has 0 saturated carbocycles. The number of rotatable bonds is 17. The molecule has 0 rings (SSSR count). The number of amides is 4. The highest BCUT2D eigenvalue weighted by Crippen LogP contribution is 2.05. The monoisotopic (exact) mass is 474 g/mol. The van der Waals surface area contributed by atoms with Crippen LogP contribution in [0.3, 0.4) is 0 Å². The van der Waals surface area contributed by atoms with Gasteiger partial charge in [0.2, 0.25) is 23.6 Å². The fourth-order valence-corrected chi connectivity index (χ4v) is 2.67. The molecule has 11 N–H and O–H groups in total. The minimum atomic E-state index is -1.39. The van der Waals surface area contributed by atoms with Gasteiger partial charge in [-0.2, -0.15) is 0 Å². The van der Waals surface area contributed by atoms with Gasteiger partial charge >= 0.3 is 11.9 Å². The van der Waals surface area contributed by atoms with E-state index in [1.165, 1.54) is 6.92 Å². The molecule has 0 aromatic heterocycles. The summed E-state index contributed by atoms with van der Waals surface area (Å²) >= 11 is 0. The predicted molar refractivity (Wildman–Crippen MR) is 115 cm³/mol. The van der Waals surface area contributed by atoms with Crippen LogP contribution in [0.4, 0.5) is 0 Å². The smallest absolute Gasteiger partial charge is 0.326 e. The second-order valence-corrected chi connectivity index (χ2v) is 7.52. The van der Waals surface area contributed by atoms with Crippen LogP contribution in [-0.4, -0.2) is 76.5 Å². The topological polar surface area (TPSA) is 257 Å². The van der Waals surface area contributed by atoms with E-state index in [1.807, 2.05) is 0 Å². The van der Waals surface area contributed by atoms with Gasteiger partial charge in [0, 0.05) is 12.8 Å². The molecule has 188 valence electrons. The van der Waals surface area contributed by atoms with Crippen LogP contribution >= 0.6 is 0 Å². The number of carbonyl (C=O) groups excluding carboxylic acids is 4. The first-order chi connectivity index (χ1) is 15.4. The van der Waals surface area contributed by atoms with Gasteiger partial charge in [0.1, 0.15) is 18.1 Å². The minimum Gasteiger partial charge on any atom is -0.481 e. The summed E-state index contributed by atoms with van der Waals surface area (Å²) in [7, 11) is 0. The van der Waals surface area contributed by atoms with Crippen molar-refractivity contribution in [2.24, 2.45) is 17.2 Å². The summed E-state index contributed by atoms with van der Waals surface area (Å²) in [5, 5.41) is 25.0. The van der Waals surface area contributed by atoms with Gasteiger partial charge in [0.15, 0.2) is 0 Å². The van der Waals surface area contributed by atoms with Gasteiger partial charge in [-0.25, -0.2) is 4.79 Å². The first-order valence-electron chi connectivity index (χ1n) is 10.5. The van der Waals surface area contributed by atoms with Gasteiger partial charge < -0.3 is 43.4 Å². The summed E-state index contributed by atoms with van der Waals surface area (Å²) < 4.78 is 0. The standard InChI is InChI=1S/C19H34N6O8/c1-10(23-17(30)11(21)5-8-15(27)28)16(29)24-12(4-2-3-9-20)18(31)25-13(19(32)33)6-7-14(22)26/h10-13H,2-9,20-21H2,1H3,(H2,22,26)(H,23,30)(H,24,29)(H,25,31)(H,27,28)(H,32,33). The minimum absolute atomic E-state index is 0.124. The highest BCUT2D eigenvalue weighted by Gasteiger charge is 2.28. The van der Waals surface area contributed by atoms with Crippen molar-refractivity contribution in [3.63, 3.8) is 0 Å². The number of nitrogens with two attached hydrogens (primary N) is 3. The Morgan fingerprint density at radius 3 is 1.91 bits per heavy atom. The molecule has 0 heterocycles. The lowest BCUT2D eigenvalue weighted by Gasteiger charge is -2.23. The molecule has 0 bridgehead atoms. The molecule has 4 unspecified atom stereocenters. The molecule has 0 radical (unpaired) electrons. The van der Waals surface area contributed by atoms with Crippen molar-refractivity contribution >= 4 is 35.6 Å². The largest absolute Gasteiger partial charge is 0.481 e. The molecule has 0 spiro atoms. The second-order valence-electron chi connectivity index (χ2n) is 7.52. The number of unbranched alkanes of at least 4 members (excludes halogenated alkanes) is 1. The van der Waals surface area contributed by atoms with E-state index in [2.05, 4.69) is 16.0 Å². The van der Waals surface area contributed by atoms with Crippen molar-refractivity contribution in [3.8, 4) is 0 Å². The molecule has 14 nitrogen and oxygen atoms in total. The maximum Gasteiger partial charge on any atom is 0.326 e. The number of carbonyl (C=O) groups is 6. The predicted octanol–water partition coefficient (Wildman–Crippen LogP) is -2.87. The summed E-state index contributed by atoms with van der Waals surface area (Å²) in [5.41, 5.74) is 16.1. The Kier molecular flexibility index (Phi) is 14.0. The average Bonchev–Trinajstić information content (AvgIpc) is 2.73. The molecule has 0 aliphatic carbocycles. The van der Waals surface area contributed by atoms with Crippen LogP contribution in [0.15, 0.2) is 0 Å². The van der Waals surface area contributed by atoms with E-state index in [1.54, 1.807) is 0 Å². The van der Waals surface area contributed by atoms with E-state index < -0.39 is 59.7 Å². The lowest BCUT2D eigenvalue weighted by Crippen LogP contribution is -2.56. The fraction of sp³-hybridized carbons (Fsp3) is 0.684. The fourth-order valence-electron chi connectivity index (χ4n) is 2.67. The zero-order valence-electron chi connectivity index (χ0n) is 18.5. The van der Waals surface area contributed by atoms with Crippen LogP contribution in [0, 0.1) is 0 Å². The van der Waals surface area contributed by atoms with Gasteiger partial charge in [-0.05, 0) is 45.6 Å². The number of carboxylic acid groups (broad SMARTS) is 2. The van der Waals surface area contributed by atoms with Gasteiger partial charge in [0.25, 0.3) is 0 Å². The van der Waals surface area contributed by atoms with Crippen molar-refractivity contribution in [1.82, 2.24) is 16.0 Å². The van der Waals surface area contributed by atoms with E-state index in [9.17, 15) is 33.9 Å². The van der Waals surface area contributed by atoms with E-state index in [0.717, 1.165) is 0 Å². The highest BCUT2D eigenvalue weighted by atomic mass is 16.4. The maximum absolute atomic E-state index is 12.6. The second kappa shape index (κ2) is 15.5. The van der Waals surface area contributed by atoms with Crippen molar-refractivity contribution < 1.29 is 39.0 Å². The van der Waals surface area contributed by atoms with Crippen molar-refractivity contribution in [2.75, 3.05) is 6.54 Å². The summed E-state index contributed by atoms with van der Waals surface area (Å²) in [6.07, 6.45) is 0.229. The molecular weight excluding hydrogens is 440 g/mol. The zero-order valence-corrected chi connectivity index (χ0v) is 18.5. The van der Waals surface area contributed by atoms with Crippen LogP contribution in [0.25, 0.3) is 0 Å². The average molecular weight is 475 g/mol. The van der Waals surface area contributed by atoms with E-state index >= 15 is 0 Å². The van der Waals surface area contributed by atoms with E-state index in [0.29, 0.717) is 19.4 Å². The van der Waals surface area contributed by atoms with Crippen LogP contribution in [0.1, 0.15) is 51.9 Å². The summed E-state index contributed by atoms with van der Waals surface area (Å²) in [6, 6.07) is -4.76. The van der Waals surface area contributed by atoms with Gasteiger partial charge in [-0.1, -0.05) is 0 Å². The Morgan fingerprint density at radius 1 is 0.788 bits per heavy atom. The van der Waals surface area contributed by atoms with Crippen molar-refractivity contribution in [3.05, 3.63) is 0 Å². The summed E-state index contributed by atoms with van der Waals surface area (Å²) in [4.78, 5) is 70.1. The van der Waals surface area contributed by atoms with E-state index in [4.69, 9.17) is 22.3 Å². The van der Waals surface area contributed by atoms with Gasteiger partial charge in [-0.15, -0.1) is 0 Å². The van der Waals surface area contributed by atoms with Crippen LogP contribution in [-0.2, 0) is 28.8 Å². The van der Waals surface area contributed by atoms with Crippen LogP contribution < -0.4 is 33.2 Å². The molecule has 0 fully saturated rings. The number of aliphatic carboxylic acids is 2. The first-order valence-corrected chi connectivity index (χ1v) is 10.5. The summed E-state index contributed by atoms with van der Waals surface area (Å²) in [5.74, 6) is -5.46. The number of hydrogen-bond acceptors (Lipinski definition) is 8. The van der Waals surface area contributed by atoms with E-state index in [-0.39, 0.29) is 32.1 Å². The lowest BCUT2D eigenvalue weighted by atomic mass is 10.1. The molecule has 0 aromatic carbocycles. The Morgan fingerprint density at radius 2 is 1.39 bits per heavy atom. The van der Waals surface area contributed by atoms with Gasteiger partial charge in [-0.3, -0.25) is 24.0 Å². The molecule has 0 aliphatic rings. The maximum atomic E-state index is 12.6. The van der Waals surface area contributed by atoms with Crippen molar-refractivity contribution in [2.45, 2.75) is 76.0 Å². The van der Waals surface area contributed by atoms with Crippen LogP contribution in [0.5, 0.6) is 0 Å². The Labute approximate surface area is 191 Å². The zero-order chi connectivity index (χ0) is 25.6.